The van der Waals surface area contributed by atoms with Crippen LogP contribution in [0.3, 0.4) is 0 Å². The Balaban J connectivity index is 1.65. The monoisotopic (exact) mass is 340 g/mol. The van der Waals surface area contributed by atoms with Crippen LogP contribution in [0.25, 0.3) is 0 Å². The maximum atomic E-state index is 12.7. The first-order valence-corrected chi connectivity index (χ1v) is 8.71. The highest BCUT2D eigenvalue weighted by Crippen LogP contribution is 2.17. The second kappa shape index (κ2) is 7.51. The number of amides is 2. The molecule has 0 spiro atoms. The third-order valence-corrected chi connectivity index (χ3v) is 4.77. The number of hydrogen-bond donors (Lipinski definition) is 0. The van der Waals surface area contributed by atoms with Crippen LogP contribution in [0.1, 0.15) is 25.1 Å². The van der Waals surface area contributed by atoms with Gasteiger partial charge in [-0.05, 0) is 25.8 Å². The molecule has 0 radical (unpaired) electrons. The maximum absolute atomic E-state index is 12.7. The van der Waals surface area contributed by atoms with Crippen LogP contribution in [0.2, 0.25) is 0 Å². The van der Waals surface area contributed by atoms with Gasteiger partial charge in [-0.15, -0.1) is 0 Å². The number of benzene rings is 1. The molecule has 0 N–H and O–H groups in total. The molecule has 1 saturated heterocycles. The van der Waals surface area contributed by atoms with Gasteiger partial charge in [0.2, 0.25) is 11.8 Å². The normalized spacial score (nSPS) is 18.1. The number of aryl methyl sites for hydroxylation is 1. The van der Waals surface area contributed by atoms with Gasteiger partial charge in [-0.25, -0.2) is 4.98 Å². The van der Waals surface area contributed by atoms with Crippen LogP contribution >= 0.6 is 0 Å². The molecule has 2 amide bonds. The van der Waals surface area contributed by atoms with Crippen molar-refractivity contribution in [2.45, 2.75) is 39.4 Å². The van der Waals surface area contributed by atoms with Gasteiger partial charge in [0, 0.05) is 19.3 Å². The van der Waals surface area contributed by atoms with Crippen LogP contribution < -0.4 is 0 Å². The molecule has 1 aliphatic heterocycles. The zero-order chi connectivity index (χ0) is 17.8. The number of piperazine rings is 1. The fourth-order valence-corrected chi connectivity index (χ4v) is 3.21. The Hall–Kier alpha value is -2.63. The number of nitrogens with zero attached hydrogens (tertiary/aromatic N) is 4. The number of imidazole rings is 1. The molecule has 0 unspecified atom stereocenters. The van der Waals surface area contributed by atoms with Gasteiger partial charge in [0.15, 0.2) is 0 Å². The predicted molar refractivity (Wildman–Crippen MR) is 94.6 cm³/mol. The molecule has 3 rings (SSSR count). The van der Waals surface area contributed by atoms with Crippen LogP contribution in [0.5, 0.6) is 0 Å². The molecule has 6 heteroatoms. The molecule has 6 nitrogen and oxygen atoms in total. The van der Waals surface area contributed by atoms with Crippen molar-refractivity contribution in [3.8, 4) is 0 Å². The van der Waals surface area contributed by atoms with Crippen molar-refractivity contribution < 1.29 is 9.59 Å². The van der Waals surface area contributed by atoms with Crippen LogP contribution in [0.15, 0.2) is 42.9 Å². The lowest BCUT2D eigenvalue weighted by molar-refractivity contribution is -0.155. The molecule has 0 aliphatic carbocycles. The van der Waals surface area contributed by atoms with E-state index in [-0.39, 0.29) is 18.4 Å². The van der Waals surface area contributed by atoms with Gasteiger partial charge < -0.3 is 14.4 Å². The summed E-state index contributed by atoms with van der Waals surface area (Å²) in [5, 5.41) is 0. The SMILES string of the molecule is CCn1cncc1CN1C(=O)CN(CCc2ccccc2)C(=O)[C@H]1C. The van der Waals surface area contributed by atoms with Crippen molar-refractivity contribution in [2.75, 3.05) is 13.1 Å². The van der Waals surface area contributed by atoms with Crippen molar-refractivity contribution in [2.24, 2.45) is 0 Å². The minimum absolute atomic E-state index is 0.0102. The van der Waals surface area contributed by atoms with E-state index in [4.69, 9.17) is 0 Å². The average Bonchev–Trinajstić information content (AvgIpc) is 3.08. The van der Waals surface area contributed by atoms with Crippen molar-refractivity contribution >= 4 is 11.8 Å². The zero-order valence-electron chi connectivity index (χ0n) is 14.8. The van der Waals surface area contributed by atoms with E-state index in [1.54, 1.807) is 22.3 Å². The Morgan fingerprint density at radius 3 is 2.68 bits per heavy atom. The third-order valence-electron chi connectivity index (χ3n) is 4.77. The van der Waals surface area contributed by atoms with E-state index < -0.39 is 6.04 Å². The lowest BCUT2D eigenvalue weighted by Crippen LogP contribution is -2.58. The quantitative estimate of drug-likeness (QED) is 0.804. The molecule has 1 atom stereocenters. The summed E-state index contributed by atoms with van der Waals surface area (Å²) in [6.07, 6.45) is 4.27. The van der Waals surface area contributed by atoms with Crippen molar-refractivity contribution in [3.63, 3.8) is 0 Å². The van der Waals surface area contributed by atoms with Gasteiger partial charge >= 0.3 is 0 Å². The summed E-state index contributed by atoms with van der Waals surface area (Å²) in [6, 6.07) is 9.58. The highest BCUT2D eigenvalue weighted by Gasteiger charge is 2.36. The summed E-state index contributed by atoms with van der Waals surface area (Å²) in [5.41, 5.74) is 2.12. The first kappa shape index (κ1) is 17.2. The van der Waals surface area contributed by atoms with E-state index in [1.807, 2.05) is 48.7 Å². The van der Waals surface area contributed by atoms with Gasteiger partial charge in [-0.3, -0.25) is 9.59 Å². The van der Waals surface area contributed by atoms with Crippen molar-refractivity contribution in [1.29, 1.82) is 0 Å². The van der Waals surface area contributed by atoms with Crippen LogP contribution in [-0.4, -0.2) is 50.3 Å². The van der Waals surface area contributed by atoms with Crippen LogP contribution in [-0.2, 0) is 29.1 Å². The smallest absolute Gasteiger partial charge is 0.245 e. The van der Waals surface area contributed by atoms with Gasteiger partial charge in [0.05, 0.1) is 25.1 Å². The van der Waals surface area contributed by atoms with Gasteiger partial charge in [0.25, 0.3) is 0 Å². The highest BCUT2D eigenvalue weighted by molar-refractivity contribution is 5.94. The number of hydrogen-bond acceptors (Lipinski definition) is 3. The Morgan fingerprint density at radius 2 is 1.96 bits per heavy atom. The van der Waals surface area contributed by atoms with Gasteiger partial charge in [-0.1, -0.05) is 30.3 Å². The lowest BCUT2D eigenvalue weighted by Gasteiger charge is -2.38. The molecule has 0 bridgehead atoms. The number of carbonyl (C=O) groups is 2. The molecular weight excluding hydrogens is 316 g/mol. The number of rotatable bonds is 6. The molecule has 1 aromatic carbocycles. The third kappa shape index (κ3) is 3.73. The summed E-state index contributed by atoms with van der Waals surface area (Å²) >= 11 is 0. The largest absolute Gasteiger partial charge is 0.333 e. The van der Waals surface area contributed by atoms with Crippen molar-refractivity contribution in [1.82, 2.24) is 19.4 Å². The summed E-state index contributed by atoms with van der Waals surface area (Å²) in [7, 11) is 0. The van der Waals surface area contributed by atoms with E-state index in [9.17, 15) is 9.59 Å². The fraction of sp³-hybridized carbons (Fsp3) is 0.421. The average molecular weight is 340 g/mol. The zero-order valence-corrected chi connectivity index (χ0v) is 14.8. The lowest BCUT2D eigenvalue weighted by atomic mass is 10.1. The van der Waals surface area contributed by atoms with Gasteiger partial charge in [0.1, 0.15) is 6.04 Å². The van der Waals surface area contributed by atoms with E-state index >= 15 is 0 Å². The topological polar surface area (TPSA) is 58.4 Å². The fourth-order valence-electron chi connectivity index (χ4n) is 3.21. The number of carbonyl (C=O) groups excluding carboxylic acids is 2. The van der Waals surface area contributed by atoms with Crippen LogP contribution in [0.4, 0.5) is 0 Å². The maximum Gasteiger partial charge on any atom is 0.245 e. The predicted octanol–water partition coefficient (Wildman–Crippen LogP) is 1.70. The van der Waals surface area contributed by atoms with E-state index in [0.717, 1.165) is 18.7 Å². The summed E-state index contributed by atoms with van der Waals surface area (Å²) in [6.45, 7) is 5.77. The molecule has 132 valence electrons. The van der Waals surface area contributed by atoms with Gasteiger partial charge in [-0.2, -0.15) is 0 Å². The minimum Gasteiger partial charge on any atom is -0.333 e. The second-order valence-electron chi connectivity index (χ2n) is 6.36. The Kier molecular flexibility index (Phi) is 5.16. The molecule has 25 heavy (non-hydrogen) atoms. The molecule has 1 fully saturated rings. The first-order chi connectivity index (χ1) is 12.1. The molecule has 0 saturated carbocycles. The first-order valence-electron chi connectivity index (χ1n) is 8.71. The van der Waals surface area contributed by atoms with E-state index in [0.29, 0.717) is 13.1 Å². The number of aromatic nitrogens is 2. The molecule has 2 heterocycles. The van der Waals surface area contributed by atoms with Crippen molar-refractivity contribution in [3.05, 3.63) is 54.1 Å². The Bertz CT molecular complexity index is 741. The molecule has 1 aromatic heterocycles. The highest BCUT2D eigenvalue weighted by atomic mass is 16.2. The standard InChI is InChI=1S/C19H24N4O2/c1-3-21-14-20-11-17(21)12-23-15(2)19(25)22(13-18(23)24)10-9-16-7-5-4-6-8-16/h4-8,11,14-15H,3,9-10,12-13H2,1-2H3/t15-/m1/s1. The minimum atomic E-state index is -0.447. The second-order valence-corrected chi connectivity index (χ2v) is 6.36. The molecule has 1 aliphatic rings. The molecule has 2 aromatic rings. The van der Waals surface area contributed by atoms with E-state index in [2.05, 4.69) is 4.98 Å². The summed E-state index contributed by atoms with van der Waals surface area (Å²) in [4.78, 5) is 32.8. The Labute approximate surface area is 148 Å². The van der Waals surface area contributed by atoms with E-state index in [1.165, 1.54) is 5.56 Å². The Morgan fingerprint density at radius 1 is 1.20 bits per heavy atom. The van der Waals surface area contributed by atoms with Crippen LogP contribution in [0, 0.1) is 0 Å². The molecular formula is C19H24N4O2. The summed E-state index contributed by atoms with van der Waals surface area (Å²) < 4.78 is 1.99. The summed E-state index contributed by atoms with van der Waals surface area (Å²) in [5.74, 6) is 0.00195.